The lowest BCUT2D eigenvalue weighted by Crippen LogP contribution is -2.38. The summed E-state index contributed by atoms with van der Waals surface area (Å²) >= 11 is 0. The van der Waals surface area contributed by atoms with E-state index in [-0.39, 0.29) is 5.56 Å². The van der Waals surface area contributed by atoms with Crippen molar-refractivity contribution in [2.45, 2.75) is 19.4 Å². The first-order valence-corrected chi connectivity index (χ1v) is 9.90. The predicted octanol–water partition coefficient (Wildman–Crippen LogP) is 2.09. The molecule has 1 saturated heterocycles. The molecule has 8 nitrogen and oxygen atoms in total. The van der Waals surface area contributed by atoms with Crippen LogP contribution >= 0.6 is 0 Å². The van der Waals surface area contributed by atoms with Crippen molar-refractivity contribution in [1.82, 2.24) is 25.3 Å². The molecular weight excluding hydrogens is 368 g/mol. The number of hydroxylamine groups is 1. The number of carbonyl (C=O) groups excluding carboxylic acids is 1. The minimum absolute atomic E-state index is 0.240. The van der Waals surface area contributed by atoms with Crippen LogP contribution in [-0.4, -0.2) is 45.3 Å². The third kappa shape index (κ3) is 4.38. The average Bonchev–Trinajstić information content (AvgIpc) is 3.14. The fraction of sp³-hybridized carbons (Fsp3) is 0.381. The van der Waals surface area contributed by atoms with E-state index in [0.29, 0.717) is 11.9 Å². The van der Waals surface area contributed by atoms with Gasteiger partial charge in [-0.15, -0.1) is 0 Å². The number of anilines is 1. The first-order valence-electron chi connectivity index (χ1n) is 9.90. The van der Waals surface area contributed by atoms with Gasteiger partial charge in [0.25, 0.3) is 5.91 Å². The predicted molar refractivity (Wildman–Crippen MR) is 111 cm³/mol. The number of benzene rings is 1. The van der Waals surface area contributed by atoms with Gasteiger partial charge in [-0.3, -0.25) is 10.0 Å². The number of rotatable bonds is 6. The van der Waals surface area contributed by atoms with Crippen molar-refractivity contribution >= 4 is 22.8 Å². The average molecular weight is 394 g/mol. The van der Waals surface area contributed by atoms with Gasteiger partial charge < -0.3 is 14.8 Å². The molecule has 3 heterocycles. The SMILES string of the molecule is Cn1ccc2ccc(CNCC3CCN(c4ncc(C(=O)NO)cn4)CC3)cc21. The van der Waals surface area contributed by atoms with Crippen molar-refractivity contribution in [1.29, 1.82) is 0 Å². The normalized spacial score (nSPS) is 15.0. The Bertz CT molecular complexity index is 977. The maximum atomic E-state index is 11.4. The molecule has 3 N–H and O–H groups in total. The van der Waals surface area contributed by atoms with E-state index in [1.807, 2.05) is 0 Å². The number of hydrogen-bond donors (Lipinski definition) is 3. The number of aryl methyl sites for hydroxylation is 1. The van der Waals surface area contributed by atoms with Crippen LogP contribution in [0.15, 0.2) is 42.9 Å². The molecule has 1 fully saturated rings. The van der Waals surface area contributed by atoms with Crippen LogP contribution in [0.5, 0.6) is 0 Å². The molecule has 1 amide bonds. The molecule has 8 heteroatoms. The molecule has 1 aliphatic rings. The summed E-state index contributed by atoms with van der Waals surface area (Å²) in [5.41, 5.74) is 4.39. The van der Waals surface area contributed by atoms with Gasteiger partial charge in [0.15, 0.2) is 0 Å². The van der Waals surface area contributed by atoms with Gasteiger partial charge in [-0.2, -0.15) is 0 Å². The Labute approximate surface area is 169 Å². The van der Waals surface area contributed by atoms with Gasteiger partial charge >= 0.3 is 0 Å². The monoisotopic (exact) mass is 394 g/mol. The number of amides is 1. The number of piperidine rings is 1. The van der Waals surface area contributed by atoms with Crippen LogP contribution in [0.1, 0.15) is 28.8 Å². The van der Waals surface area contributed by atoms with E-state index in [1.165, 1.54) is 28.9 Å². The molecule has 4 rings (SSSR count). The fourth-order valence-corrected chi connectivity index (χ4v) is 3.84. The molecule has 0 radical (unpaired) electrons. The summed E-state index contributed by atoms with van der Waals surface area (Å²) in [6.07, 6.45) is 7.11. The second kappa shape index (κ2) is 8.59. The van der Waals surface area contributed by atoms with Gasteiger partial charge in [-0.25, -0.2) is 15.4 Å². The number of carbonyl (C=O) groups is 1. The Morgan fingerprint density at radius 1 is 1.21 bits per heavy atom. The standard InChI is InChI=1S/C21H26N6O2/c1-26-7-6-17-3-2-16(10-19(17)26)12-22-11-15-4-8-27(9-5-15)21-23-13-18(14-24-21)20(28)25-29/h2-3,6-7,10,13-15,22,29H,4-5,8-9,11-12H2,1H3,(H,25,28). The van der Waals surface area contributed by atoms with Crippen molar-refractivity contribution in [3.63, 3.8) is 0 Å². The van der Waals surface area contributed by atoms with Crippen LogP contribution in [-0.2, 0) is 13.6 Å². The Kier molecular flexibility index (Phi) is 5.73. The third-order valence-corrected chi connectivity index (χ3v) is 5.61. The van der Waals surface area contributed by atoms with E-state index in [2.05, 4.69) is 62.3 Å². The van der Waals surface area contributed by atoms with E-state index in [4.69, 9.17) is 5.21 Å². The maximum absolute atomic E-state index is 11.4. The lowest BCUT2D eigenvalue weighted by molar-refractivity contribution is 0.0705. The lowest BCUT2D eigenvalue weighted by atomic mass is 9.97. The Hall–Kier alpha value is -2.97. The van der Waals surface area contributed by atoms with E-state index in [0.717, 1.165) is 39.0 Å². The van der Waals surface area contributed by atoms with Gasteiger partial charge in [0.1, 0.15) is 0 Å². The molecular formula is C21H26N6O2. The summed E-state index contributed by atoms with van der Waals surface area (Å²) < 4.78 is 2.15. The summed E-state index contributed by atoms with van der Waals surface area (Å²) in [6, 6.07) is 8.76. The van der Waals surface area contributed by atoms with Gasteiger partial charge in [0.2, 0.25) is 5.95 Å². The quantitative estimate of drug-likeness (QED) is 0.438. The lowest BCUT2D eigenvalue weighted by Gasteiger charge is -2.32. The fourth-order valence-electron chi connectivity index (χ4n) is 3.84. The van der Waals surface area contributed by atoms with Gasteiger partial charge in [-0.05, 0) is 48.4 Å². The summed E-state index contributed by atoms with van der Waals surface area (Å²) in [6.45, 7) is 3.66. The summed E-state index contributed by atoms with van der Waals surface area (Å²) in [4.78, 5) is 22.0. The molecule has 0 aliphatic carbocycles. The highest BCUT2D eigenvalue weighted by molar-refractivity contribution is 5.92. The van der Waals surface area contributed by atoms with Crippen LogP contribution in [0.25, 0.3) is 10.9 Å². The first-order chi connectivity index (χ1) is 14.1. The van der Waals surface area contributed by atoms with Crippen LogP contribution in [0, 0.1) is 5.92 Å². The molecule has 2 aromatic heterocycles. The largest absolute Gasteiger partial charge is 0.351 e. The molecule has 3 aromatic rings. The smallest absolute Gasteiger partial charge is 0.277 e. The van der Waals surface area contributed by atoms with Crippen molar-refractivity contribution < 1.29 is 10.0 Å². The van der Waals surface area contributed by atoms with E-state index in [1.54, 1.807) is 5.48 Å². The summed E-state index contributed by atoms with van der Waals surface area (Å²) in [5, 5.41) is 13.5. The number of nitrogens with one attached hydrogen (secondary N) is 2. The maximum Gasteiger partial charge on any atom is 0.277 e. The molecule has 1 aliphatic heterocycles. The van der Waals surface area contributed by atoms with Crippen LogP contribution in [0.2, 0.25) is 0 Å². The molecule has 0 saturated carbocycles. The topological polar surface area (TPSA) is 95.3 Å². The molecule has 1 aromatic carbocycles. The highest BCUT2D eigenvalue weighted by Crippen LogP contribution is 2.21. The molecule has 0 unspecified atom stereocenters. The van der Waals surface area contributed by atoms with Crippen LogP contribution in [0.4, 0.5) is 5.95 Å². The molecule has 152 valence electrons. The zero-order chi connectivity index (χ0) is 20.2. The molecule has 0 spiro atoms. The minimum Gasteiger partial charge on any atom is -0.351 e. The zero-order valence-electron chi connectivity index (χ0n) is 16.5. The minimum atomic E-state index is -0.604. The second-order valence-corrected chi connectivity index (χ2v) is 7.59. The zero-order valence-corrected chi connectivity index (χ0v) is 16.5. The molecule has 0 bridgehead atoms. The highest BCUT2D eigenvalue weighted by atomic mass is 16.5. The van der Waals surface area contributed by atoms with Gasteiger partial charge in [-0.1, -0.05) is 12.1 Å². The Morgan fingerprint density at radius 2 is 1.97 bits per heavy atom. The molecule has 29 heavy (non-hydrogen) atoms. The Morgan fingerprint density at radius 3 is 2.69 bits per heavy atom. The van der Waals surface area contributed by atoms with Crippen molar-refractivity contribution in [3.8, 4) is 0 Å². The molecule has 0 atom stereocenters. The van der Waals surface area contributed by atoms with Gasteiger partial charge in [0, 0.05) is 50.8 Å². The number of nitrogens with zero attached hydrogens (tertiary/aromatic N) is 4. The van der Waals surface area contributed by atoms with Crippen molar-refractivity contribution in [2.24, 2.45) is 13.0 Å². The van der Waals surface area contributed by atoms with Crippen molar-refractivity contribution in [2.75, 3.05) is 24.5 Å². The number of fused-ring (bicyclic) bond motifs is 1. The summed E-state index contributed by atoms with van der Waals surface area (Å²) in [7, 11) is 2.08. The highest BCUT2D eigenvalue weighted by Gasteiger charge is 2.21. The van der Waals surface area contributed by atoms with E-state index in [9.17, 15) is 4.79 Å². The van der Waals surface area contributed by atoms with E-state index >= 15 is 0 Å². The van der Waals surface area contributed by atoms with Crippen LogP contribution < -0.4 is 15.7 Å². The van der Waals surface area contributed by atoms with Crippen molar-refractivity contribution in [3.05, 3.63) is 54.0 Å². The van der Waals surface area contributed by atoms with E-state index < -0.39 is 5.91 Å². The van der Waals surface area contributed by atoms with Crippen LogP contribution in [0.3, 0.4) is 0 Å². The van der Waals surface area contributed by atoms with Gasteiger partial charge in [0.05, 0.1) is 5.56 Å². The summed E-state index contributed by atoms with van der Waals surface area (Å²) in [5.74, 6) is 0.652. The number of aromatic nitrogens is 3. The second-order valence-electron chi connectivity index (χ2n) is 7.59. The first kappa shape index (κ1) is 19.4. The number of hydrogen-bond acceptors (Lipinski definition) is 6. The Balaban J connectivity index is 1.24. The third-order valence-electron chi connectivity index (χ3n) is 5.61.